The molecular weight excluding hydrogens is 304 g/mol. The summed E-state index contributed by atoms with van der Waals surface area (Å²) in [6.07, 6.45) is 1.41. The third-order valence-electron chi connectivity index (χ3n) is 3.08. The van der Waals surface area contributed by atoms with Crippen LogP contribution in [-0.4, -0.2) is 38.9 Å². The first-order valence-corrected chi connectivity index (χ1v) is 9.13. The molecule has 1 atom stereocenters. The molecule has 0 aliphatic carbocycles. The molecule has 2 heterocycles. The van der Waals surface area contributed by atoms with E-state index in [-0.39, 0.29) is 22.8 Å². The van der Waals surface area contributed by atoms with Gasteiger partial charge in [-0.2, -0.15) is 0 Å². The quantitative estimate of drug-likeness (QED) is 0.490. The predicted octanol–water partition coefficient (Wildman–Crippen LogP) is -0.777. The van der Waals surface area contributed by atoms with Gasteiger partial charge >= 0.3 is 0 Å². The lowest BCUT2D eigenvalue weighted by atomic mass is 10.0. The molecule has 0 aromatic carbocycles. The van der Waals surface area contributed by atoms with Gasteiger partial charge in [-0.1, -0.05) is 0 Å². The molecule has 1 aliphatic heterocycles. The van der Waals surface area contributed by atoms with Gasteiger partial charge in [-0.3, -0.25) is 0 Å². The molecule has 112 valence electrons. The second-order valence-electron chi connectivity index (χ2n) is 5.03. The number of nitrogens with one attached hydrogen (secondary N) is 2. The van der Waals surface area contributed by atoms with Crippen LogP contribution < -0.4 is 16.0 Å². The maximum atomic E-state index is 12.2. The van der Waals surface area contributed by atoms with Crippen molar-refractivity contribution in [2.24, 2.45) is 5.84 Å². The summed E-state index contributed by atoms with van der Waals surface area (Å²) in [4.78, 5) is 3.78. The van der Waals surface area contributed by atoms with E-state index in [9.17, 15) is 16.8 Å². The van der Waals surface area contributed by atoms with E-state index < -0.39 is 25.4 Å². The van der Waals surface area contributed by atoms with Gasteiger partial charge in [-0.05, 0) is 25.5 Å². The minimum Gasteiger partial charge on any atom is -0.308 e. The number of rotatable bonds is 4. The molecule has 1 saturated heterocycles. The third kappa shape index (κ3) is 3.26. The van der Waals surface area contributed by atoms with Crippen LogP contribution in [0.25, 0.3) is 0 Å². The van der Waals surface area contributed by atoms with Crippen LogP contribution in [-0.2, 0) is 19.9 Å². The number of sulfone groups is 1. The van der Waals surface area contributed by atoms with Crippen LogP contribution in [0.2, 0.25) is 0 Å². The van der Waals surface area contributed by atoms with Crippen molar-refractivity contribution in [3.8, 4) is 0 Å². The number of nitrogens with zero attached hydrogens (tertiary/aromatic N) is 1. The molecule has 10 heteroatoms. The molecule has 1 aliphatic rings. The Kier molecular flexibility index (Phi) is 3.75. The van der Waals surface area contributed by atoms with Gasteiger partial charge < -0.3 is 5.43 Å². The maximum absolute atomic E-state index is 12.2. The normalized spacial score (nSPS) is 25.5. The molecule has 0 radical (unpaired) electrons. The number of pyridine rings is 1. The highest BCUT2D eigenvalue weighted by Gasteiger charge is 2.41. The van der Waals surface area contributed by atoms with E-state index in [0.717, 1.165) is 6.20 Å². The van der Waals surface area contributed by atoms with Crippen molar-refractivity contribution in [1.82, 2.24) is 9.71 Å². The van der Waals surface area contributed by atoms with Crippen LogP contribution in [0.4, 0.5) is 5.82 Å². The fraction of sp³-hybridized carbons (Fsp3) is 0.500. The summed E-state index contributed by atoms with van der Waals surface area (Å²) in [6, 6.07) is 2.76. The Morgan fingerprint density at radius 1 is 1.40 bits per heavy atom. The van der Waals surface area contributed by atoms with Crippen LogP contribution in [0.15, 0.2) is 23.2 Å². The lowest BCUT2D eigenvalue weighted by Crippen LogP contribution is -2.46. The maximum Gasteiger partial charge on any atom is 0.242 e. The molecule has 8 nitrogen and oxygen atoms in total. The molecule has 1 unspecified atom stereocenters. The van der Waals surface area contributed by atoms with Crippen molar-refractivity contribution < 1.29 is 16.8 Å². The van der Waals surface area contributed by atoms with Crippen molar-refractivity contribution >= 4 is 25.7 Å². The van der Waals surface area contributed by atoms with Gasteiger partial charge in [0.2, 0.25) is 10.0 Å². The number of hydrazine groups is 1. The topological polar surface area (TPSA) is 131 Å². The summed E-state index contributed by atoms with van der Waals surface area (Å²) in [5.74, 6) is 5.27. The molecular formula is C10H16N4O4S2. The Labute approximate surface area is 117 Å². The molecule has 2 rings (SSSR count). The summed E-state index contributed by atoms with van der Waals surface area (Å²) in [7, 11) is -7.01. The highest BCUT2D eigenvalue weighted by molar-refractivity contribution is 7.92. The molecule has 1 fully saturated rings. The van der Waals surface area contributed by atoms with Crippen molar-refractivity contribution in [2.45, 2.75) is 23.8 Å². The molecule has 1 aromatic rings. The van der Waals surface area contributed by atoms with E-state index in [1.54, 1.807) is 6.92 Å². The second kappa shape index (κ2) is 4.95. The average molecular weight is 320 g/mol. The van der Waals surface area contributed by atoms with E-state index in [2.05, 4.69) is 15.1 Å². The zero-order valence-electron chi connectivity index (χ0n) is 10.8. The first-order valence-electron chi connectivity index (χ1n) is 5.83. The summed E-state index contributed by atoms with van der Waals surface area (Å²) in [5, 5.41) is 0. The Morgan fingerprint density at radius 3 is 2.55 bits per heavy atom. The average Bonchev–Trinajstić information content (AvgIpc) is 2.62. The van der Waals surface area contributed by atoms with Crippen LogP contribution >= 0.6 is 0 Å². The number of sulfonamides is 1. The molecule has 1 aromatic heterocycles. The van der Waals surface area contributed by atoms with E-state index in [1.165, 1.54) is 12.1 Å². The first-order chi connectivity index (χ1) is 9.16. The minimum atomic E-state index is -3.82. The van der Waals surface area contributed by atoms with Crippen molar-refractivity contribution in [3.05, 3.63) is 18.3 Å². The van der Waals surface area contributed by atoms with Crippen LogP contribution in [0, 0.1) is 0 Å². The number of nitrogens with two attached hydrogens (primary N) is 1. The number of aromatic nitrogens is 1. The monoisotopic (exact) mass is 320 g/mol. The van der Waals surface area contributed by atoms with E-state index in [4.69, 9.17) is 5.84 Å². The van der Waals surface area contributed by atoms with Crippen molar-refractivity contribution in [2.75, 3.05) is 16.9 Å². The van der Waals surface area contributed by atoms with E-state index in [0.29, 0.717) is 5.82 Å². The molecule has 0 saturated carbocycles. The Hall–Kier alpha value is -1.23. The summed E-state index contributed by atoms with van der Waals surface area (Å²) >= 11 is 0. The highest BCUT2D eigenvalue weighted by Crippen LogP contribution is 2.25. The van der Waals surface area contributed by atoms with Gasteiger partial charge in [0.15, 0.2) is 9.84 Å². The zero-order chi connectivity index (χ0) is 15.0. The fourth-order valence-corrected chi connectivity index (χ4v) is 5.66. The lowest BCUT2D eigenvalue weighted by molar-refractivity contribution is 0.461. The molecule has 0 amide bonds. The molecule has 20 heavy (non-hydrogen) atoms. The molecule has 0 spiro atoms. The lowest BCUT2D eigenvalue weighted by Gasteiger charge is -2.23. The molecule has 4 N–H and O–H groups in total. The number of hydrogen-bond donors (Lipinski definition) is 3. The first kappa shape index (κ1) is 15.2. The molecule has 0 bridgehead atoms. The van der Waals surface area contributed by atoms with Crippen LogP contribution in [0.5, 0.6) is 0 Å². The van der Waals surface area contributed by atoms with Crippen molar-refractivity contribution in [1.29, 1.82) is 0 Å². The number of hydrogen-bond acceptors (Lipinski definition) is 7. The SMILES string of the molecule is CC1(NS(=O)(=O)c2ccc(NN)nc2)CCS(=O)(=O)C1. The second-order valence-corrected chi connectivity index (χ2v) is 8.90. The summed E-state index contributed by atoms with van der Waals surface area (Å²) in [5.41, 5.74) is 1.31. The Balaban J connectivity index is 2.23. The van der Waals surface area contributed by atoms with Gasteiger partial charge in [0.05, 0.1) is 11.5 Å². The number of anilines is 1. The Morgan fingerprint density at radius 2 is 2.10 bits per heavy atom. The van der Waals surface area contributed by atoms with Gasteiger partial charge in [0.25, 0.3) is 0 Å². The fourth-order valence-electron chi connectivity index (χ4n) is 2.10. The van der Waals surface area contributed by atoms with Crippen LogP contribution in [0.1, 0.15) is 13.3 Å². The third-order valence-corrected chi connectivity index (χ3v) is 6.61. The smallest absolute Gasteiger partial charge is 0.242 e. The largest absolute Gasteiger partial charge is 0.308 e. The predicted molar refractivity (Wildman–Crippen MR) is 74.0 cm³/mol. The zero-order valence-corrected chi connectivity index (χ0v) is 12.5. The van der Waals surface area contributed by atoms with Gasteiger partial charge in [-0.25, -0.2) is 32.4 Å². The van der Waals surface area contributed by atoms with E-state index >= 15 is 0 Å². The van der Waals surface area contributed by atoms with Gasteiger partial charge in [-0.15, -0.1) is 0 Å². The van der Waals surface area contributed by atoms with E-state index in [1.807, 2.05) is 0 Å². The number of nitrogen functional groups attached to an aromatic ring is 1. The standard InChI is InChI=1S/C10H16N4O4S2/c1-10(4-5-19(15,16)7-10)14-20(17,18)8-2-3-9(13-11)12-6-8/h2-3,6,14H,4-5,7,11H2,1H3,(H,12,13). The van der Waals surface area contributed by atoms with Gasteiger partial charge in [0, 0.05) is 11.7 Å². The summed E-state index contributed by atoms with van der Waals surface area (Å²) in [6.45, 7) is 1.58. The Bertz CT molecular complexity index is 699. The van der Waals surface area contributed by atoms with Gasteiger partial charge in [0.1, 0.15) is 10.7 Å². The minimum absolute atomic E-state index is 0.0136. The van der Waals surface area contributed by atoms with Crippen LogP contribution in [0.3, 0.4) is 0 Å². The van der Waals surface area contributed by atoms with Crippen molar-refractivity contribution in [3.63, 3.8) is 0 Å². The highest BCUT2D eigenvalue weighted by atomic mass is 32.2. The summed E-state index contributed by atoms with van der Waals surface area (Å²) < 4.78 is 49.8.